The summed E-state index contributed by atoms with van der Waals surface area (Å²) in [6.07, 6.45) is 1.42. The summed E-state index contributed by atoms with van der Waals surface area (Å²) in [5.74, 6) is -2.28. The van der Waals surface area contributed by atoms with E-state index in [1.807, 2.05) is 12.1 Å². The van der Waals surface area contributed by atoms with Gasteiger partial charge in [0.15, 0.2) is 0 Å². The Hall–Kier alpha value is -3.00. The van der Waals surface area contributed by atoms with Gasteiger partial charge in [-0.25, -0.2) is 10.2 Å². The fourth-order valence-electron chi connectivity index (χ4n) is 1.76. The topological polar surface area (TPSA) is 96.9 Å². The van der Waals surface area contributed by atoms with Crippen molar-refractivity contribution in [1.29, 1.82) is 0 Å². The SMILES string of the molecule is COC(=O)c1ccc(NC(=O)C(=O)N/N=C/c2ccc(Br)cc2)cc1. The highest BCUT2D eigenvalue weighted by atomic mass is 79.9. The van der Waals surface area contributed by atoms with Gasteiger partial charge in [-0.2, -0.15) is 5.10 Å². The molecule has 2 rings (SSSR count). The van der Waals surface area contributed by atoms with E-state index in [0.717, 1.165) is 10.0 Å². The third kappa shape index (κ3) is 5.54. The number of rotatable bonds is 4. The first kappa shape index (κ1) is 18.3. The van der Waals surface area contributed by atoms with Crippen LogP contribution in [0.2, 0.25) is 0 Å². The number of carbonyl (C=O) groups is 3. The first-order valence-corrected chi connectivity index (χ1v) is 7.87. The van der Waals surface area contributed by atoms with E-state index in [2.05, 4.69) is 36.5 Å². The van der Waals surface area contributed by atoms with Crippen LogP contribution in [0.25, 0.3) is 0 Å². The molecule has 2 amide bonds. The number of hydrogen-bond donors (Lipinski definition) is 2. The molecular formula is C17H14BrN3O4. The predicted molar refractivity (Wildman–Crippen MR) is 96.3 cm³/mol. The summed E-state index contributed by atoms with van der Waals surface area (Å²) in [5.41, 5.74) is 3.61. The van der Waals surface area contributed by atoms with Crippen molar-refractivity contribution < 1.29 is 19.1 Å². The normalized spacial score (nSPS) is 10.3. The van der Waals surface area contributed by atoms with Crippen LogP contribution in [-0.2, 0) is 14.3 Å². The van der Waals surface area contributed by atoms with Crippen molar-refractivity contribution in [2.75, 3.05) is 12.4 Å². The number of ether oxygens (including phenoxy) is 1. The van der Waals surface area contributed by atoms with Crippen LogP contribution in [-0.4, -0.2) is 31.1 Å². The second kappa shape index (κ2) is 8.74. The number of nitrogens with one attached hydrogen (secondary N) is 2. The molecule has 0 saturated carbocycles. The highest BCUT2D eigenvalue weighted by molar-refractivity contribution is 9.10. The smallest absolute Gasteiger partial charge is 0.337 e. The molecule has 0 aliphatic rings. The molecule has 0 bridgehead atoms. The van der Waals surface area contributed by atoms with E-state index in [0.29, 0.717) is 11.3 Å². The highest BCUT2D eigenvalue weighted by Crippen LogP contribution is 2.10. The summed E-state index contributed by atoms with van der Waals surface area (Å²) in [6, 6.07) is 13.2. The third-order valence-corrected chi connectivity index (χ3v) is 3.55. The third-order valence-electron chi connectivity index (χ3n) is 3.02. The minimum atomic E-state index is -0.912. The summed E-state index contributed by atoms with van der Waals surface area (Å²) in [6.45, 7) is 0. The van der Waals surface area contributed by atoms with Gasteiger partial charge in [-0.1, -0.05) is 28.1 Å². The molecular weight excluding hydrogens is 390 g/mol. The minimum absolute atomic E-state index is 0.337. The van der Waals surface area contributed by atoms with E-state index in [-0.39, 0.29) is 0 Å². The van der Waals surface area contributed by atoms with Gasteiger partial charge in [-0.15, -0.1) is 0 Å². The first-order chi connectivity index (χ1) is 12.0. The average Bonchev–Trinajstić information content (AvgIpc) is 2.63. The van der Waals surface area contributed by atoms with Gasteiger partial charge in [0.2, 0.25) is 0 Å². The summed E-state index contributed by atoms with van der Waals surface area (Å²) in [5, 5.41) is 6.12. The number of hydrazone groups is 1. The average molecular weight is 404 g/mol. The Morgan fingerprint density at radius 3 is 2.24 bits per heavy atom. The number of halogens is 1. The number of nitrogens with zero attached hydrogens (tertiary/aromatic N) is 1. The maximum atomic E-state index is 11.8. The maximum absolute atomic E-state index is 11.8. The Morgan fingerprint density at radius 2 is 1.64 bits per heavy atom. The zero-order valence-electron chi connectivity index (χ0n) is 13.2. The molecule has 2 aromatic rings. The van der Waals surface area contributed by atoms with Gasteiger partial charge < -0.3 is 10.1 Å². The van der Waals surface area contributed by atoms with E-state index < -0.39 is 17.8 Å². The first-order valence-electron chi connectivity index (χ1n) is 7.08. The Labute approximate surface area is 152 Å². The molecule has 0 saturated heterocycles. The lowest BCUT2D eigenvalue weighted by atomic mass is 10.2. The molecule has 0 fully saturated rings. The predicted octanol–water partition coefficient (Wildman–Crippen LogP) is 2.32. The largest absolute Gasteiger partial charge is 0.465 e. The number of hydrogen-bond acceptors (Lipinski definition) is 5. The number of anilines is 1. The summed E-state index contributed by atoms with van der Waals surface area (Å²) < 4.78 is 5.50. The van der Waals surface area contributed by atoms with Crippen LogP contribution in [0.15, 0.2) is 58.1 Å². The zero-order valence-corrected chi connectivity index (χ0v) is 14.7. The lowest BCUT2D eigenvalue weighted by Crippen LogP contribution is -2.32. The molecule has 0 aromatic heterocycles. The molecule has 128 valence electrons. The van der Waals surface area contributed by atoms with Crippen molar-refractivity contribution in [2.45, 2.75) is 0 Å². The van der Waals surface area contributed by atoms with E-state index >= 15 is 0 Å². The molecule has 0 aliphatic carbocycles. The van der Waals surface area contributed by atoms with Gasteiger partial charge in [0.1, 0.15) is 0 Å². The van der Waals surface area contributed by atoms with Crippen molar-refractivity contribution in [3.63, 3.8) is 0 Å². The second-order valence-electron chi connectivity index (χ2n) is 4.77. The van der Waals surface area contributed by atoms with Crippen molar-refractivity contribution in [2.24, 2.45) is 5.10 Å². The van der Waals surface area contributed by atoms with Crippen LogP contribution >= 0.6 is 15.9 Å². The van der Waals surface area contributed by atoms with Gasteiger partial charge in [-0.3, -0.25) is 9.59 Å². The highest BCUT2D eigenvalue weighted by Gasteiger charge is 2.13. The Balaban J connectivity index is 1.88. The van der Waals surface area contributed by atoms with Gasteiger partial charge in [-0.05, 0) is 42.0 Å². The van der Waals surface area contributed by atoms with Crippen molar-refractivity contribution in [3.05, 3.63) is 64.1 Å². The molecule has 0 unspecified atom stereocenters. The zero-order chi connectivity index (χ0) is 18.2. The standard InChI is InChI=1S/C17H14BrN3O4/c1-25-17(24)12-4-8-14(9-5-12)20-15(22)16(23)21-19-10-11-2-6-13(18)7-3-11/h2-10H,1H3,(H,20,22)(H,21,23)/b19-10+. The van der Waals surface area contributed by atoms with E-state index in [4.69, 9.17) is 0 Å². The van der Waals surface area contributed by atoms with Gasteiger partial charge in [0, 0.05) is 10.2 Å². The van der Waals surface area contributed by atoms with E-state index in [1.165, 1.54) is 37.6 Å². The van der Waals surface area contributed by atoms with Crippen LogP contribution in [0.5, 0.6) is 0 Å². The quantitative estimate of drug-likeness (QED) is 0.354. The van der Waals surface area contributed by atoms with Crippen LogP contribution in [0, 0.1) is 0 Å². The summed E-state index contributed by atoms with van der Waals surface area (Å²) in [7, 11) is 1.27. The van der Waals surface area contributed by atoms with Crippen LogP contribution in [0.3, 0.4) is 0 Å². The Morgan fingerprint density at radius 1 is 1.00 bits per heavy atom. The van der Waals surface area contributed by atoms with Crippen LogP contribution < -0.4 is 10.7 Å². The Bertz CT molecular complexity index is 802. The van der Waals surface area contributed by atoms with Crippen molar-refractivity contribution in [3.8, 4) is 0 Å². The number of carbonyl (C=O) groups excluding carboxylic acids is 3. The lowest BCUT2D eigenvalue weighted by molar-refractivity contribution is -0.136. The van der Waals surface area contributed by atoms with Gasteiger partial charge in [0.25, 0.3) is 0 Å². The fraction of sp³-hybridized carbons (Fsp3) is 0.0588. The molecule has 2 N–H and O–H groups in total. The lowest BCUT2D eigenvalue weighted by Gasteiger charge is -2.05. The molecule has 0 aliphatic heterocycles. The monoisotopic (exact) mass is 403 g/mol. The number of esters is 1. The molecule has 2 aromatic carbocycles. The molecule has 0 radical (unpaired) electrons. The van der Waals surface area contributed by atoms with Crippen molar-refractivity contribution >= 4 is 45.6 Å². The second-order valence-corrected chi connectivity index (χ2v) is 5.69. The van der Waals surface area contributed by atoms with Gasteiger partial charge >= 0.3 is 17.8 Å². The van der Waals surface area contributed by atoms with E-state index in [9.17, 15) is 14.4 Å². The summed E-state index contributed by atoms with van der Waals surface area (Å²) >= 11 is 3.31. The number of amides is 2. The molecule has 0 heterocycles. The van der Waals surface area contributed by atoms with Crippen LogP contribution in [0.1, 0.15) is 15.9 Å². The van der Waals surface area contributed by atoms with Gasteiger partial charge in [0.05, 0.1) is 18.9 Å². The van der Waals surface area contributed by atoms with Crippen molar-refractivity contribution in [1.82, 2.24) is 5.43 Å². The number of methoxy groups -OCH3 is 1. The molecule has 0 spiro atoms. The molecule has 0 atom stereocenters. The molecule has 8 heteroatoms. The van der Waals surface area contributed by atoms with Crippen LogP contribution in [0.4, 0.5) is 5.69 Å². The maximum Gasteiger partial charge on any atom is 0.337 e. The van der Waals surface area contributed by atoms with E-state index in [1.54, 1.807) is 12.1 Å². The Kier molecular flexibility index (Phi) is 6.41. The molecule has 25 heavy (non-hydrogen) atoms. The summed E-state index contributed by atoms with van der Waals surface area (Å²) in [4.78, 5) is 34.8. The minimum Gasteiger partial charge on any atom is -0.465 e. The molecule has 7 nitrogen and oxygen atoms in total. The fourth-order valence-corrected chi connectivity index (χ4v) is 2.02. The number of benzene rings is 2.